The Labute approximate surface area is 155 Å². The van der Waals surface area contributed by atoms with E-state index in [1.165, 1.54) is 5.69 Å². The number of amides is 1. The van der Waals surface area contributed by atoms with Gasteiger partial charge in [0.15, 0.2) is 0 Å². The van der Waals surface area contributed by atoms with Crippen molar-refractivity contribution >= 4 is 23.5 Å². The number of carbonyl (C=O) groups excluding carboxylic acids is 1. The second-order valence-electron chi connectivity index (χ2n) is 6.10. The van der Waals surface area contributed by atoms with Crippen LogP contribution in [0.15, 0.2) is 53.7 Å². The second kappa shape index (κ2) is 9.61. The zero-order valence-corrected chi connectivity index (χ0v) is 15.9. The van der Waals surface area contributed by atoms with Crippen molar-refractivity contribution in [3.8, 4) is 0 Å². The third kappa shape index (κ3) is 5.62. The van der Waals surface area contributed by atoms with E-state index in [1.807, 2.05) is 43.3 Å². The zero-order chi connectivity index (χ0) is 18.9. The molecule has 0 aliphatic heterocycles. The van der Waals surface area contributed by atoms with E-state index in [2.05, 4.69) is 41.4 Å². The smallest absolute Gasteiger partial charge is 0.267 e. The average molecular weight is 353 g/mol. The largest absolute Gasteiger partial charge is 0.383 e. The molecule has 0 saturated carbocycles. The Balaban J connectivity index is 1.86. The normalized spacial score (nSPS) is 12.0. The van der Waals surface area contributed by atoms with Gasteiger partial charge in [0.1, 0.15) is 0 Å². The fourth-order valence-corrected chi connectivity index (χ4v) is 2.47. The third-order valence-electron chi connectivity index (χ3n) is 4.13. The van der Waals surface area contributed by atoms with Crippen molar-refractivity contribution in [1.82, 2.24) is 0 Å². The zero-order valence-electron chi connectivity index (χ0n) is 15.9. The Morgan fingerprint density at radius 2 is 1.73 bits per heavy atom. The molecular formula is C21H27N3O2. The van der Waals surface area contributed by atoms with Crippen LogP contribution in [0, 0.1) is 6.92 Å². The number of benzene rings is 2. The first-order chi connectivity index (χ1) is 12.5. The number of nitrogens with zero attached hydrogens (tertiary/aromatic N) is 2. The van der Waals surface area contributed by atoms with Crippen LogP contribution in [0.3, 0.4) is 0 Å². The summed E-state index contributed by atoms with van der Waals surface area (Å²) in [5.41, 5.74) is 3.99. The molecule has 0 aliphatic rings. The minimum Gasteiger partial charge on any atom is -0.383 e. The highest BCUT2D eigenvalue weighted by Crippen LogP contribution is 2.14. The van der Waals surface area contributed by atoms with Crippen molar-refractivity contribution in [2.75, 3.05) is 23.3 Å². The minimum atomic E-state index is -0.678. The van der Waals surface area contributed by atoms with E-state index in [1.54, 1.807) is 13.1 Å². The summed E-state index contributed by atoms with van der Waals surface area (Å²) >= 11 is 0. The van der Waals surface area contributed by atoms with Crippen LogP contribution in [0.1, 0.15) is 31.9 Å². The first-order valence-corrected chi connectivity index (χ1v) is 8.95. The Bertz CT molecular complexity index is 720. The molecule has 1 amide bonds. The first kappa shape index (κ1) is 19.5. The number of hydrogen-bond acceptors (Lipinski definition) is 4. The summed E-state index contributed by atoms with van der Waals surface area (Å²) in [6.45, 7) is 9.89. The molecule has 26 heavy (non-hydrogen) atoms. The minimum absolute atomic E-state index is 0.233. The van der Waals surface area contributed by atoms with Crippen LogP contribution >= 0.6 is 0 Å². The lowest BCUT2D eigenvalue weighted by molar-refractivity contribution is -0.126. The second-order valence-corrected chi connectivity index (χ2v) is 6.10. The number of hydrogen-bond donors (Lipinski definition) is 1. The molecule has 1 N–H and O–H groups in total. The Kier molecular flexibility index (Phi) is 7.21. The molecule has 1 unspecified atom stereocenters. The Morgan fingerprint density at radius 3 is 2.31 bits per heavy atom. The molecule has 0 bridgehead atoms. The van der Waals surface area contributed by atoms with E-state index in [9.17, 15) is 4.79 Å². The molecule has 5 heteroatoms. The fourth-order valence-electron chi connectivity index (χ4n) is 2.47. The molecule has 0 heterocycles. The number of rotatable bonds is 8. The third-order valence-corrected chi connectivity index (χ3v) is 4.13. The predicted molar refractivity (Wildman–Crippen MR) is 108 cm³/mol. The average Bonchev–Trinajstić information content (AvgIpc) is 2.65. The number of aryl methyl sites for hydroxylation is 1. The monoisotopic (exact) mass is 353 g/mol. The standard InChI is InChI=1S/C21H27N3O2/c1-5-24(6-2)20-13-9-18(10-14-20)15-22-26-17(4)21(25)23-19-11-7-16(3)8-12-19/h7-15,17H,5-6H2,1-4H3,(H,23,25). The fraction of sp³-hybridized carbons (Fsp3) is 0.333. The van der Waals surface area contributed by atoms with Crippen molar-refractivity contribution in [2.45, 2.75) is 33.8 Å². The van der Waals surface area contributed by atoms with E-state index >= 15 is 0 Å². The van der Waals surface area contributed by atoms with E-state index in [-0.39, 0.29) is 5.91 Å². The van der Waals surface area contributed by atoms with Gasteiger partial charge in [-0.2, -0.15) is 0 Å². The lowest BCUT2D eigenvalue weighted by Gasteiger charge is -2.20. The van der Waals surface area contributed by atoms with Crippen molar-refractivity contribution in [3.05, 3.63) is 59.7 Å². The van der Waals surface area contributed by atoms with Crippen LogP contribution in [-0.2, 0) is 9.63 Å². The molecule has 0 saturated heterocycles. The molecule has 5 nitrogen and oxygen atoms in total. The Hall–Kier alpha value is -2.82. The quantitative estimate of drug-likeness (QED) is 0.571. The summed E-state index contributed by atoms with van der Waals surface area (Å²) in [5.74, 6) is -0.233. The van der Waals surface area contributed by atoms with Gasteiger partial charge in [-0.3, -0.25) is 4.79 Å². The van der Waals surface area contributed by atoms with Gasteiger partial charge in [0.05, 0.1) is 6.21 Å². The van der Waals surface area contributed by atoms with Crippen LogP contribution < -0.4 is 10.2 Å². The van der Waals surface area contributed by atoms with E-state index in [0.717, 1.165) is 29.9 Å². The summed E-state index contributed by atoms with van der Waals surface area (Å²) in [4.78, 5) is 19.7. The molecule has 2 rings (SSSR count). The molecule has 0 aliphatic carbocycles. The lowest BCUT2D eigenvalue weighted by atomic mass is 10.2. The van der Waals surface area contributed by atoms with Crippen molar-refractivity contribution in [3.63, 3.8) is 0 Å². The lowest BCUT2D eigenvalue weighted by Crippen LogP contribution is -2.26. The molecule has 0 fully saturated rings. The topological polar surface area (TPSA) is 53.9 Å². The number of carbonyl (C=O) groups is 1. The SMILES string of the molecule is CCN(CC)c1ccc(C=NOC(C)C(=O)Nc2ccc(C)cc2)cc1. The van der Waals surface area contributed by atoms with Gasteiger partial charge in [-0.15, -0.1) is 0 Å². The van der Waals surface area contributed by atoms with Gasteiger partial charge in [-0.05, 0) is 57.5 Å². The van der Waals surface area contributed by atoms with E-state index < -0.39 is 6.10 Å². The number of nitrogens with one attached hydrogen (secondary N) is 1. The van der Waals surface area contributed by atoms with Gasteiger partial charge in [0, 0.05) is 24.5 Å². The van der Waals surface area contributed by atoms with E-state index in [0.29, 0.717) is 0 Å². The molecule has 2 aromatic carbocycles. The van der Waals surface area contributed by atoms with Gasteiger partial charge in [0.2, 0.25) is 6.10 Å². The summed E-state index contributed by atoms with van der Waals surface area (Å²) in [6.07, 6.45) is 0.935. The maximum absolute atomic E-state index is 12.1. The molecule has 2 aromatic rings. The van der Waals surface area contributed by atoms with Crippen LogP contribution in [0.5, 0.6) is 0 Å². The summed E-state index contributed by atoms with van der Waals surface area (Å²) in [7, 11) is 0. The highest BCUT2D eigenvalue weighted by molar-refractivity contribution is 5.94. The maximum atomic E-state index is 12.1. The number of oxime groups is 1. The predicted octanol–water partition coefficient (Wildman–Crippen LogP) is 4.22. The Morgan fingerprint density at radius 1 is 1.12 bits per heavy atom. The number of anilines is 2. The summed E-state index contributed by atoms with van der Waals surface area (Å²) in [5, 5.41) is 6.74. The van der Waals surface area contributed by atoms with Crippen LogP contribution in [0.4, 0.5) is 11.4 Å². The van der Waals surface area contributed by atoms with Gasteiger partial charge >= 0.3 is 0 Å². The molecule has 0 radical (unpaired) electrons. The van der Waals surface area contributed by atoms with Crippen LogP contribution in [0.25, 0.3) is 0 Å². The van der Waals surface area contributed by atoms with Crippen molar-refractivity contribution < 1.29 is 9.63 Å². The molecular weight excluding hydrogens is 326 g/mol. The van der Waals surface area contributed by atoms with Crippen LogP contribution in [0.2, 0.25) is 0 Å². The van der Waals surface area contributed by atoms with Gasteiger partial charge in [0.25, 0.3) is 5.91 Å². The molecule has 1 atom stereocenters. The van der Waals surface area contributed by atoms with Crippen molar-refractivity contribution in [1.29, 1.82) is 0 Å². The first-order valence-electron chi connectivity index (χ1n) is 8.95. The van der Waals surface area contributed by atoms with Gasteiger partial charge in [-0.1, -0.05) is 35.0 Å². The maximum Gasteiger partial charge on any atom is 0.267 e. The molecule has 0 spiro atoms. The molecule has 138 valence electrons. The summed E-state index contributed by atoms with van der Waals surface area (Å²) < 4.78 is 0. The highest BCUT2D eigenvalue weighted by atomic mass is 16.6. The van der Waals surface area contributed by atoms with Crippen molar-refractivity contribution in [2.24, 2.45) is 5.16 Å². The summed E-state index contributed by atoms with van der Waals surface area (Å²) in [6, 6.07) is 15.7. The van der Waals surface area contributed by atoms with Gasteiger partial charge < -0.3 is 15.1 Å². The van der Waals surface area contributed by atoms with Crippen LogP contribution in [-0.4, -0.2) is 31.3 Å². The highest BCUT2D eigenvalue weighted by Gasteiger charge is 2.14. The molecule has 0 aromatic heterocycles. The van der Waals surface area contributed by atoms with Gasteiger partial charge in [-0.25, -0.2) is 0 Å². The van der Waals surface area contributed by atoms with E-state index in [4.69, 9.17) is 4.84 Å².